The molecule has 162 valence electrons. The first kappa shape index (κ1) is 21.7. The van der Waals surface area contributed by atoms with E-state index in [4.69, 9.17) is 27.1 Å². The van der Waals surface area contributed by atoms with E-state index in [1.807, 2.05) is 68.4 Å². The van der Waals surface area contributed by atoms with Crippen LogP contribution < -0.4 is 11.1 Å². The van der Waals surface area contributed by atoms with Crippen LogP contribution in [0.1, 0.15) is 20.3 Å². The molecule has 6 heteroatoms. The fourth-order valence-electron chi connectivity index (χ4n) is 3.66. The van der Waals surface area contributed by atoms with Gasteiger partial charge in [-0.3, -0.25) is 4.79 Å². The van der Waals surface area contributed by atoms with Gasteiger partial charge >= 0.3 is 0 Å². The zero-order chi connectivity index (χ0) is 22.7. The Kier molecular flexibility index (Phi) is 6.32. The molecule has 0 spiro atoms. The van der Waals surface area contributed by atoms with Crippen LogP contribution in [-0.4, -0.2) is 17.6 Å². The number of Topliss-reactive ketones (excluding diaryl/α,β-unsaturated/α-hetero) is 1. The van der Waals surface area contributed by atoms with Crippen molar-refractivity contribution in [2.24, 2.45) is 10.9 Å². The van der Waals surface area contributed by atoms with Gasteiger partial charge in [-0.1, -0.05) is 44.2 Å². The highest BCUT2D eigenvalue weighted by molar-refractivity contribution is 7.80. The summed E-state index contributed by atoms with van der Waals surface area (Å²) in [6.45, 7) is 3.88. The van der Waals surface area contributed by atoms with Gasteiger partial charge in [0.1, 0.15) is 23.7 Å². The van der Waals surface area contributed by atoms with Crippen molar-refractivity contribution in [3.8, 4) is 22.5 Å². The number of fused-ring (bicyclic) bond motifs is 2. The third-order valence-electron chi connectivity index (χ3n) is 5.37. The third kappa shape index (κ3) is 4.55. The molecule has 0 bridgehead atoms. The van der Waals surface area contributed by atoms with E-state index in [1.54, 1.807) is 0 Å². The van der Waals surface area contributed by atoms with Gasteiger partial charge in [0.2, 0.25) is 0 Å². The summed E-state index contributed by atoms with van der Waals surface area (Å²) in [5.41, 5.74) is 10.4. The van der Waals surface area contributed by atoms with Crippen LogP contribution in [0.2, 0.25) is 0 Å². The summed E-state index contributed by atoms with van der Waals surface area (Å²) in [6.07, 6.45) is 0.475. The Morgan fingerprint density at radius 2 is 1.91 bits per heavy atom. The summed E-state index contributed by atoms with van der Waals surface area (Å²) in [7, 11) is 0. The minimum absolute atomic E-state index is 0.0911. The van der Waals surface area contributed by atoms with Crippen LogP contribution in [0.5, 0.6) is 0 Å². The molecule has 0 amide bonds. The monoisotopic (exact) mass is 444 g/mol. The number of thiocarbonyl (C=S) groups is 1. The minimum Gasteiger partial charge on any atom is -0.469 e. The van der Waals surface area contributed by atoms with Gasteiger partial charge in [-0.25, -0.2) is 4.99 Å². The zero-order valence-electron chi connectivity index (χ0n) is 18.0. The molecule has 0 aromatic heterocycles. The number of carbonyl (C=O) groups excluding carboxylic acids is 1. The number of rotatable bonds is 5. The second kappa shape index (κ2) is 9.32. The Hall–Kier alpha value is -3.51. The van der Waals surface area contributed by atoms with Crippen molar-refractivity contribution in [2.45, 2.75) is 20.3 Å². The number of nitrogens with zero attached hydrogens (tertiary/aromatic N) is 1. The lowest BCUT2D eigenvalue weighted by molar-refractivity contribution is -0.122. The average molecular weight is 445 g/mol. The molecule has 0 saturated carbocycles. The van der Waals surface area contributed by atoms with E-state index < -0.39 is 0 Å². The molecule has 0 radical (unpaired) electrons. The van der Waals surface area contributed by atoms with E-state index in [9.17, 15) is 4.79 Å². The molecule has 4 rings (SSSR count). The topological polar surface area (TPSA) is 77.8 Å². The number of benzene rings is 3. The Balaban J connectivity index is 1.77. The van der Waals surface area contributed by atoms with Crippen molar-refractivity contribution >= 4 is 39.8 Å². The van der Waals surface area contributed by atoms with Gasteiger partial charge in [0.25, 0.3) is 5.17 Å². The molecular formula is C26H24N2O3S. The van der Waals surface area contributed by atoms with Gasteiger partial charge in [0.05, 0.1) is 5.36 Å². The Morgan fingerprint density at radius 3 is 2.66 bits per heavy atom. The van der Waals surface area contributed by atoms with E-state index in [0.717, 1.165) is 22.1 Å². The van der Waals surface area contributed by atoms with Crippen LogP contribution in [0.15, 0.2) is 76.1 Å². The first-order chi connectivity index (χ1) is 15.5. The van der Waals surface area contributed by atoms with Crippen LogP contribution in [0.25, 0.3) is 33.4 Å². The lowest BCUT2D eigenvalue weighted by Gasteiger charge is -2.15. The second-order valence-electron chi connectivity index (χ2n) is 7.69. The van der Waals surface area contributed by atoms with Gasteiger partial charge in [0, 0.05) is 46.7 Å². The summed E-state index contributed by atoms with van der Waals surface area (Å²) in [6, 6.07) is 21.5. The molecule has 0 saturated heterocycles. The maximum Gasteiger partial charge on any atom is 0.283 e. The maximum atomic E-state index is 11.7. The van der Waals surface area contributed by atoms with Crippen molar-refractivity contribution in [2.75, 3.05) is 12.3 Å². The van der Waals surface area contributed by atoms with E-state index >= 15 is 0 Å². The minimum atomic E-state index is -0.218. The van der Waals surface area contributed by atoms with Gasteiger partial charge in [-0.2, -0.15) is 0 Å². The summed E-state index contributed by atoms with van der Waals surface area (Å²) in [5, 5.41) is 1.69. The van der Waals surface area contributed by atoms with Gasteiger partial charge < -0.3 is 14.9 Å². The molecule has 1 atom stereocenters. The van der Waals surface area contributed by atoms with Crippen molar-refractivity contribution in [3.05, 3.63) is 72.1 Å². The molecule has 2 N–H and O–H groups in total. The van der Waals surface area contributed by atoms with Crippen molar-refractivity contribution in [1.29, 1.82) is 0 Å². The molecule has 1 heterocycles. The van der Waals surface area contributed by atoms with Crippen LogP contribution in [0.4, 0.5) is 5.69 Å². The maximum absolute atomic E-state index is 11.7. The predicted molar refractivity (Wildman–Crippen MR) is 131 cm³/mol. The number of hydrogen-bond acceptors (Lipinski definition) is 5. The Morgan fingerprint density at radius 1 is 1.12 bits per heavy atom. The van der Waals surface area contributed by atoms with E-state index in [1.165, 1.54) is 0 Å². The lowest BCUT2D eigenvalue weighted by Crippen LogP contribution is -2.18. The predicted octanol–water partition coefficient (Wildman–Crippen LogP) is 5.60. The Labute approximate surface area is 191 Å². The third-order valence-corrected chi connectivity index (χ3v) is 5.58. The van der Waals surface area contributed by atoms with Crippen molar-refractivity contribution in [3.63, 3.8) is 0 Å². The van der Waals surface area contributed by atoms with Crippen LogP contribution in [0, 0.1) is 5.92 Å². The SMILES string of the molecule is CCC(=O)C(C)COC(=S)/N=c1/ccc2c(-c3ccccc3)c3ccc(N)cc3oc-2c1. The number of ketones is 1. The highest BCUT2D eigenvalue weighted by Gasteiger charge is 2.17. The number of hydrogen-bond donors (Lipinski definition) is 1. The number of nitrogens with two attached hydrogens (primary N) is 1. The highest BCUT2D eigenvalue weighted by Crippen LogP contribution is 2.40. The first-order valence-corrected chi connectivity index (χ1v) is 10.9. The molecule has 1 aliphatic carbocycles. The van der Waals surface area contributed by atoms with Crippen molar-refractivity contribution < 1.29 is 13.9 Å². The Bertz CT molecular complexity index is 1330. The molecule has 5 nitrogen and oxygen atoms in total. The van der Waals surface area contributed by atoms with Gasteiger partial charge in [-0.05, 0) is 42.0 Å². The number of ether oxygens (including phenoxy) is 1. The summed E-state index contributed by atoms with van der Waals surface area (Å²) < 4.78 is 11.7. The standard InChI is InChI=1S/C26H24N2O3S/c1-3-22(29)16(2)15-30-26(32)28-19-10-12-21-24(14-19)31-23-13-18(27)9-11-20(23)25(21)17-7-5-4-6-8-17/h4-14,16H,3,15,27H2,1-2H3/b28-19-. The van der Waals surface area contributed by atoms with E-state index in [-0.39, 0.29) is 23.5 Å². The van der Waals surface area contributed by atoms with Crippen LogP contribution in [0.3, 0.4) is 0 Å². The van der Waals surface area contributed by atoms with Gasteiger partial charge in [0.15, 0.2) is 0 Å². The quantitative estimate of drug-likeness (QED) is 0.246. The average Bonchev–Trinajstić information content (AvgIpc) is 2.80. The normalized spacial score (nSPS) is 12.8. The number of nitrogen functional groups attached to an aromatic ring is 1. The molecular weight excluding hydrogens is 420 g/mol. The van der Waals surface area contributed by atoms with E-state index in [2.05, 4.69) is 17.1 Å². The summed E-state index contributed by atoms with van der Waals surface area (Å²) >= 11 is 5.25. The largest absolute Gasteiger partial charge is 0.469 e. The highest BCUT2D eigenvalue weighted by atomic mass is 32.1. The molecule has 32 heavy (non-hydrogen) atoms. The molecule has 2 aromatic carbocycles. The molecule has 1 aliphatic heterocycles. The number of carbonyl (C=O) groups is 1. The first-order valence-electron chi connectivity index (χ1n) is 10.5. The molecule has 1 unspecified atom stereocenters. The summed E-state index contributed by atoms with van der Waals surface area (Å²) in [5.74, 6) is 0.586. The molecule has 0 fully saturated rings. The zero-order valence-corrected chi connectivity index (χ0v) is 18.8. The fourth-order valence-corrected chi connectivity index (χ4v) is 3.83. The second-order valence-corrected chi connectivity index (χ2v) is 8.04. The van der Waals surface area contributed by atoms with Crippen LogP contribution >= 0.6 is 12.2 Å². The summed E-state index contributed by atoms with van der Waals surface area (Å²) in [4.78, 5) is 16.1. The van der Waals surface area contributed by atoms with Crippen molar-refractivity contribution in [1.82, 2.24) is 0 Å². The number of anilines is 1. The lowest BCUT2D eigenvalue weighted by atomic mass is 9.93. The molecule has 2 aromatic rings. The molecule has 2 aliphatic rings. The van der Waals surface area contributed by atoms with Gasteiger partial charge in [-0.15, -0.1) is 0 Å². The smallest absolute Gasteiger partial charge is 0.283 e. The van der Waals surface area contributed by atoms with E-state index in [0.29, 0.717) is 28.8 Å². The van der Waals surface area contributed by atoms with Crippen LogP contribution in [-0.2, 0) is 9.53 Å². The fraction of sp³-hybridized carbons (Fsp3) is 0.192.